The first-order valence-corrected chi connectivity index (χ1v) is 5.81. The zero-order valence-electron chi connectivity index (χ0n) is 10.2. The second kappa shape index (κ2) is 5.59. The third-order valence-electron chi connectivity index (χ3n) is 2.75. The van der Waals surface area contributed by atoms with Crippen molar-refractivity contribution in [1.29, 1.82) is 0 Å². The zero-order chi connectivity index (χ0) is 12.1. The summed E-state index contributed by atoms with van der Waals surface area (Å²) >= 11 is 0. The van der Waals surface area contributed by atoms with Gasteiger partial charge in [-0.3, -0.25) is 0 Å². The van der Waals surface area contributed by atoms with Crippen LogP contribution in [0.1, 0.15) is 29.9 Å². The highest BCUT2D eigenvalue weighted by Gasteiger charge is 2.05. The lowest BCUT2D eigenvalue weighted by Gasteiger charge is -2.14. The van der Waals surface area contributed by atoms with Gasteiger partial charge in [0.15, 0.2) is 5.82 Å². The normalized spacial score (nSPS) is 12.6. The Morgan fingerprint density at radius 1 is 1.41 bits per heavy atom. The van der Waals surface area contributed by atoms with Crippen LogP contribution in [-0.4, -0.2) is 16.7 Å². The molecule has 1 aromatic heterocycles. The summed E-state index contributed by atoms with van der Waals surface area (Å²) in [6.07, 6.45) is 2.14. The Kier molecular flexibility index (Phi) is 3.88. The molecule has 4 nitrogen and oxygen atoms in total. The first kappa shape index (κ1) is 11.8. The zero-order valence-corrected chi connectivity index (χ0v) is 10.2. The molecule has 1 heterocycles. The van der Waals surface area contributed by atoms with Gasteiger partial charge in [-0.25, -0.2) is 0 Å². The summed E-state index contributed by atoms with van der Waals surface area (Å²) < 4.78 is 4.68. The molecule has 0 amide bonds. The second-order valence-corrected chi connectivity index (χ2v) is 4.19. The molecule has 0 aliphatic carbocycles. The molecule has 0 saturated heterocycles. The van der Waals surface area contributed by atoms with E-state index >= 15 is 0 Å². The fourth-order valence-electron chi connectivity index (χ4n) is 1.76. The van der Waals surface area contributed by atoms with Crippen LogP contribution in [0.3, 0.4) is 0 Å². The number of rotatable bonds is 5. The number of hydrogen-bond acceptors (Lipinski definition) is 4. The van der Waals surface area contributed by atoms with Gasteiger partial charge in [0.1, 0.15) is 0 Å². The van der Waals surface area contributed by atoms with E-state index in [-0.39, 0.29) is 0 Å². The molecule has 0 spiro atoms. The van der Waals surface area contributed by atoms with E-state index < -0.39 is 0 Å². The monoisotopic (exact) mass is 231 g/mol. The van der Waals surface area contributed by atoms with Gasteiger partial charge in [0.05, 0.1) is 0 Å². The second-order valence-electron chi connectivity index (χ2n) is 4.19. The molecule has 2 aromatic rings. The molecule has 0 bridgehead atoms. The summed E-state index contributed by atoms with van der Waals surface area (Å²) in [5.41, 5.74) is 2.59. The molecule has 17 heavy (non-hydrogen) atoms. The Balaban J connectivity index is 1.83. The molecule has 2 rings (SSSR count). The van der Waals surface area contributed by atoms with E-state index in [0.717, 1.165) is 18.8 Å². The number of nitrogens with one attached hydrogen (secondary N) is 1. The van der Waals surface area contributed by atoms with E-state index in [9.17, 15) is 0 Å². The lowest BCUT2D eigenvalue weighted by molar-refractivity contribution is 0.408. The van der Waals surface area contributed by atoms with Crippen LogP contribution in [0.5, 0.6) is 0 Å². The van der Waals surface area contributed by atoms with Gasteiger partial charge in [-0.2, -0.15) is 4.98 Å². The van der Waals surface area contributed by atoms with Crippen LogP contribution in [0, 0.1) is 6.92 Å². The lowest BCUT2D eigenvalue weighted by atomic mass is 10.1. The number of hydrogen-bond donors (Lipinski definition) is 1. The number of nitrogens with zero attached hydrogens (tertiary/aromatic N) is 2. The maximum Gasteiger partial charge on any atom is 0.213 e. The highest BCUT2D eigenvalue weighted by molar-refractivity contribution is 5.24. The largest absolute Gasteiger partial charge is 0.343 e. The standard InChI is InChI=1S/C13H17N3O/c1-10-4-3-5-12(8-10)11(2)14-7-6-13-15-9-17-16-13/h3-5,8-9,11,14H,6-7H2,1-2H3. The van der Waals surface area contributed by atoms with Gasteiger partial charge in [-0.05, 0) is 19.4 Å². The summed E-state index contributed by atoms with van der Waals surface area (Å²) in [4.78, 5) is 3.98. The van der Waals surface area contributed by atoms with Crippen LogP contribution in [-0.2, 0) is 6.42 Å². The molecule has 0 fully saturated rings. The van der Waals surface area contributed by atoms with E-state index in [0.29, 0.717) is 6.04 Å². The Bertz CT molecular complexity index is 453. The molecule has 1 N–H and O–H groups in total. The topological polar surface area (TPSA) is 51.0 Å². The van der Waals surface area contributed by atoms with Gasteiger partial charge < -0.3 is 9.84 Å². The molecule has 1 atom stereocenters. The van der Waals surface area contributed by atoms with Crippen LogP contribution < -0.4 is 5.32 Å². The molecular formula is C13H17N3O. The maximum absolute atomic E-state index is 4.68. The Morgan fingerprint density at radius 2 is 2.29 bits per heavy atom. The minimum Gasteiger partial charge on any atom is -0.343 e. The predicted octanol–water partition coefficient (Wildman–Crippen LogP) is 2.27. The van der Waals surface area contributed by atoms with Crippen molar-refractivity contribution in [3.63, 3.8) is 0 Å². The van der Waals surface area contributed by atoms with Crippen molar-refractivity contribution < 1.29 is 4.52 Å². The van der Waals surface area contributed by atoms with Gasteiger partial charge in [0, 0.05) is 19.0 Å². The third-order valence-corrected chi connectivity index (χ3v) is 2.75. The molecule has 4 heteroatoms. The van der Waals surface area contributed by atoms with Crippen LogP contribution >= 0.6 is 0 Å². The van der Waals surface area contributed by atoms with Gasteiger partial charge >= 0.3 is 0 Å². The fourth-order valence-corrected chi connectivity index (χ4v) is 1.76. The number of aromatic nitrogens is 2. The highest BCUT2D eigenvalue weighted by atomic mass is 16.5. The smallest absolute Gasteiger partial charge is 0.213 e. The molecule has 0 aliphatic heterocycles. The molecule has 1 aromatic carbocycles. The van der Waals surface area contributed by atoms with E-state index in [1.807, 2.05) is 0 Å². The molecule has 1 unspecified atom stereocenters. The average Bonchev–Trinajstić information content (AvgIpc) is 2.82. The first-order valence-electron chi connectivity index (χ1n) is 5.81. The van der Waals surface area contributed by atoms with Crippen LogP contribution in [0.15, 0.2) is 35.2 Å². The molecule has 90 valence electrons. The number of aryl methyl sites for hydroxylation is 1. The van der Waals surface area contributed by atoms with Crippen molar-refractivity contribution in [3.8, 4) is 0 Å². The van der Waals surface area contributed by atoms with E-state index in [1.165, 1.54) is 17.5 Å². The average molecular weight is 231 g/mol. The van der Waals surface area contributed by atoms with E-state index in [2.05, 4.69) is 58.1 Å². The lowest BCUT2D eigenvalue weighted by Crippen LogP contribution is -2.21. The van der Waals surface area contributed by atoms with Gasteiger partial charge in [0.2, 0.25) is 6.39 Å². The van der Waals surface area contributed by atoms with Gasteiger partial charge in [-0.1, -0.05) is 35.0 Å². The van der Waals surface area contributed by atoms with Crippen LogP contribution in [0.2, 0.25) is 0 Å². The molecule has 0 saturated carbocycles. The first-order chi connectivity index (χ1) is 8.25. The van der Waals surface area contributed by atoms with Crippen LogP contribution in [0.25, 0.3) is 0 Å². The Hall–Kier alpha value is -1.68. The van der Waals surface area contributed by atoms with Crippen molar-refractivity contribution in [2.24, 2.45) is 0 Å². The summed E-state index contributed by atoms with van der Waals surface area (Å²) in [5.74, 6) is 0.744. The molecular weight excluding hydrogens is 214 g/mol. The van der Waals surface area contributed by atoms with E-state index in [4.69, 9.17) is 0 Å². The van der Waals surface area contributed by atoms with Crippen molar-refractivity contribution >= 4 is 0 Å². The Morgan fingerprint density at radius 3 is 3.00 bits per heavy atom. The quantitative estimate of drug-likeness (QED) is 0.857. The molecule has 0 aliphatic rings. The number of benzene rings is 1. The van der Waals surface area contributed by atoms with E-state index in [1.54, 1.807) is 0 Å². The maximum atomic E-state index is 4.68. The summed E-state index contributed by atoms with van der Waals surface area (Å²) in [6.45, 7) is 5.11. The third kappa shape index (κ3) is 3.39. The van der Waals surface area contributed by atoms with Crippen molar-refractivity contribution in [2.75, 3.05) is 6.54 Å². The Labute approximate surface area is 101 Å². The summed E-state index contributed by atoms with van der Waals surface area (Å²) in [5, 5.41) is 7.22. The van der Waals surface area contributed by atoms with Crippen LogP contribution in [0.4, 0.5) is 0 Å². The predicted molar refractivity (Wildman–Crippen MR) is 65.6 cm³/mol. The van der Waals surface area contributed by atoms with Crippen molar-refractivity contribution in [3.05, 3.63) is 47.6 Å². The fraction of sp³-hybridized carbons (Fsp3) is 0.385. The van der Waals surface area contributed by atoms with Gasteiger partial charge in [-0.15, -0.1) is 0 Å². The SMILES string of the molecule is Cc1cccc(C(C)NCCc2ncon2)c1. The molecule has 0 radical (unpaired) electrons. The minimum absolute atomic E-state index is 0.335. The summed E-state index contributed by atoms with van der Waals surface area (Å²) in [7, 11) is 0. The minimum atomic E-state index is 0.335. The highest BCUT2D eigenvalue weighted by Crippen LogP contribution is 2.13. The van der Waals surface area contributed by atoms with Crippen molar-refractivity contribution in [1.82, 2.24) is 15.5 Å². The van der Waals surface area contributed by atoms with Gasteiger partial charge in [0.25, 0.3) is 0 Å². The summed E-state index contributed by atoms with van der Waals surface area (Å²) in [6, 6.07) is 8.87. The van der Waals surface area contributed by atoms with Crippen molar-refractivity contribution in [2.45, 2.75) is 26.3 Å².